The topological polar surface area (TPSA) is 110 Å². The van der Waals surface area contributed by atoms with Crippen LogP contribution in [0, 0.1) is 0 Å². The number of carbonyl (C=O) groups is 1. The van der Waals surface area contributed by atoms with Crippen molar-refractivity contribution in [2.45, 2.75) is 42.8 Å². The van der Waals surface area contributed by atoms with Gasteiger partial charge in [-0.05, 0) is 50.2 Å². The number of morpholine rings is 1. The first-order valence-corrected chi connectivity index (χ1v) is 13.0. The lowest BCUT2D eigenvalue weighted by molar-refractivity contribution is -0.0440. The molecule has 0 spiro atoms. The number of carbonyl (C=O) groups excluding carboxylic acids is 1. The summed E-state index contributed by atoms with van der Waals surface area (Å²) in [6.07, 6.45) is -0.411. The van der Waals surface area contributed by atoms with Crippen LogP contribution < -0.4 is 5.32 Å². The molecule has 2 aromatic carbocycles. The molecule has 2 aromatic rings. The summed E-state index contributed by atoms with van der Waals surface area (Å²) in [5, 5.41) is 2.61. The summed E-state index contributed by atoms with van der Waals surface area (Å²) in [7, 11) is -7.23. The predicted molar refractivity (Wildman–Crippen MR) is 117 cm³/mol. The summed E-state index contributed by atoms with van der Waals surface area (Å²) in [5.74, 6) is -0.623. The maximum absolute atomic E-state index is 12.9. The van der Waals surface area contributed by atoms with Crippen molar-refractivity contribution in [3.8, 4) is 0 Å². The molecular formula is C21H26N2O6S2. The minimum Gasteiger partial charge on any atom is -0.373 e. The van der Waals surface area contributed by atoms with Crippen molar-refractivity contribution in [1.29, 1.82) is 0 Å². The van der Waals surface area contributed by atoms with Gasteiger partial charge in [0.25, 0.3) is 5.91 Å². The van der Waals surface area contributed by atoms with Crippen LogP contribution in [0.1, 0.15) is 31.1 Å². The zero-order chi connectivity index (χ0) is 22.8. The average molecular weight is 467 g/mol. The number of anilines is 1. The summed E-state index contributed by atoms with van der Waals surface area (Å²) in [5.41, 5.74) is 0.397. The molecule has 1 heterocycles. The van der Waals surface area contributed by atoms with Gasteiger partial charge in [0.15, 0.2) is 9.84 Å². The first-order chi connectivity index (χ1) is 14.5. The Morgan fingerprint density at radius 3 is 2.16 bits per heavy atom. The molecule has 0 bridgehead atoms. The molecule has 1 aliphatic rings. The second-order valence-corrected chi connectivity index (χ2v) is 11.6. The van der Waals surface area contributed by atoms with E-state index in [1.54, 1.807) is 12.1 Å². The predicted octanol–water partition coefficient (Wildman–Crippen LogP) is 2.53. The van der Waals surface area contributed by atoms with E-state index in [4.69, 9.17) is 4.74 Å². The van der Waals surface area contributed by atoms with E-state index in [0.717, 1.165) is 0 Å². The molecular weight excluding hydrogens is 440 g/mol. The highest BCUT2D eigenvalue weighted by molar-refractivity contribution is 7.91. The van der Waals surface area contributed by atoms with Crippen molar-refractivity contribution in [3.05, 3.63) is 54.1 Å². The average Bonchev–Trinajstić information content (AvgIpc) is 2.73. The number of rotatable bonds is 6. The van der Waals surface area contributed by atoms with Gasteiger partial charge in [0, 0.05) is 18.7 Å². The number of hydrogen-bond acceptors (Lipinski definition) is 6. The maximum atomic E-state index is 12.9. The molecule has 1 fully saturated rings. The van der Waals surface area contributed by atoms with Gasteiger partial charge in [0.2, 0.25) is 10.0 Å². The van der Waals surface area contributed by atoms with E-state index in [0.29, 0.717) is 0 Å². The lowest BCUT2D eigenvalue weighted by Crippen LogP contribution is -2.48. The zero-order valence-corrected chi connectivity index (χ0v) is 19.2. The Morgan fingerprint density at radius 2 is 1.58 bits per heavy atom. The lowest BCUT2D eigenvalue weighted by atomic mass is 10.2. The Labute approximate surface area is 183 Å². The Kier molecular flexibility index (Phi) is 6.85. The summed E-state index contributed by atoms with van der Waals surface area (Å²) >= 11 is 0. The van der Waals surface area contributed by atoms with Crippen LogP contribution in [0.5, 0.6) is 0 Å². The second kappa shape index (κ2) is 9.07. The quantitative estimate of drug-likeness (QED) is 0.701. The molecule has 2 unspecified atom stereocenters. The van der Waals surface area contributed by atoms with Crippen molar-refractivity contribution in [1.82, 2.24) is 4.31 Å². The largest absolute Gasteiger partial charge is 0.373 e. The smallest absolute Gasteiger partial charge is 0.255 e. The first kappa shape index (κ1) is 23.4. The molecule has 1 N–H and O–H groups in total. The van der Waals surface area contributed by atoms with Crippen molar-refractivity contribution in [3.63, 3.8) is 0 Å². The van der Waals surface area contributed by atoms with E-state index in [1.165, 1.54) is 47.6 Å². The number of sulfone groups is 1. The van der Waals surface area contributed by atoms with Gasteiger partial charge >= 0.3 is 0 Å². The molecule has 3 rings (SSSR count). The van der Waals surface area contributed by atoms with Crippen LogP contribution in [0.2, 0.25) is 0 Å². The van der Waals surface area contributed by atoms with Crippen molar-refractivity contribution in [2.75, 3.05) is 24.2 Å². The lowest BCUT2D eigenvalue weighted by Gasteiger charge is -2.34. The van der Waals surface area contributed by atoms with Gasteiger partial charge in [-0.15, -0.1) is 0 Å². The SMILES string of the molecule is CCS(=O)(=O)c1ccccc1NC(=O)c1ccc(S(=O)(=O)N2CC(C)OC(C)C2)cc1. The number of ether oxygens (including phenoxy) is 1. The number of amides is 1. The number of para-hydroxylation sites is 1. The molecule has 1 aliphatic heterocycles. The van der Waals surface area contributed by atoms with Crippen LogP contribution in [0.25, 0.3) is 0 Å². The normalized spacial score (nSPS) is 20.4. The molecule has 31 heavy (non-hydrogen) atoms. The van der Waals surface area contributed by atoms with Gasteiger partial charge in [-0.3, -0.25) is 4.79 Å². The van der Waals surface area contributed by atoms with Crippen LogP contribution >= 0.6 is 0 Å². The summed E-state index contributed by atoms with van der Waals surface area (Å²) < 4.78 is 57.4. The number of benzene rings is 2. The second-order valence-electron chi connectivity index (χ2n) is 7.46. The Bertz CT molecular complexity index is 1150. The Hall–Kier alpha value is -2.27. The van der Waals surface area contributed by atoms with E-state index in [-0.39, 0.29) is 52.1 Å². The molecule has 8 nitrogen and oxygen atoms in total. The third-order valence-electron chi connectivity index (χ3n) is 4.99. The minimum atomic E-state index is -3.72. The summed E-state index contributed by atoms with van der Waals surface area (Å²) in [4.78, 5) is 12.8. The Morgan fingerprint density at radius 1 is 1.00 bits per heavy atom. The third kappa shape index (κ3) is 5.15. The maximum Gasteiger partial charge on any atom is 0.255 e. The fourth-order valence-corrected chi connectivity index (χ4v) is 6.09. The highest BCUT2D eigenvalue weighted by atomic mass is 32.2. The monoisotopic (exact) mass is 466 g/mol. The van der Waals surface area contributed by atoms with Crippen molar-refractivity contribution < 1.29 is 26.4 Å². The molecule has 0 saturated carbocycles. The van der Waals surface area contributed by atoms with E-state index in [9.17, 15) is 21.6 Å². The van der Waals surface area contributed by atoms with Crippen LogP contribution in [0.4, 0.5) is 5.69 Å². The van der Waals surface area contributed by atoms with Crippen LogP contribution in [-0.2, 0) is 24.6 Å². The number of nitrogens with one attached hydrogen (secondary N) is 1. The van der Waals surface area contributed by atoms with E-state index < -0.39 is 25.8 Å². The van der Waals surface area contributed by atoms with Crippen LogP contribution in [-0.4, -0.2) is 58.1 Å². The van der Waals surface area contributed by atoms with Gasteiger partial charge < -0.3 is 10.1 Å². The minimum absolute atomic E-state index is 0.0422. The van der Waals surface area contributed by atoms with E-state index in [1.807, 2.05) is 13.8 Å². The fraction of sp³-hybridized carbons (Fsp3) is 0.381. The van der Waals surface area contributed by atoms with E-state index in [2.05, 4.69) is 5.32 Å². The molecule has 10 heteroatoms. The molecule has 0 aromatic heterocycles. The number of sulfonamides is 1. The summed E-state index contributed by atoms with van der Waals surface area (Å²) in [6, 6.07) is 11.7. The van der Waals surface area contributed by atoms with Crippen molar-refractivity contribution in [2.24, 2.45) is 0 Å². The van der Waals surface area contributed by atoms with Gasteiger partial charge in [-0.2, -0.15) is 4.31 Å². The van der Waals surface area contributed by atoms with Gasteiger partial charge in [-0.1, -0.05) is 19.1 Å². The molecule has 168 valence electrons. The summed E-state index contributed by atoms with van der Waals surface area (Å²) in [6.45, 7) is 5.70. The molecule has 1 saturated heterocycles. The van der Waals surface area contributed by atoms with Gasteiger partial charge in [0.1, 0.15) is 0 Å². The first-order valence-electron chi connectivity index (χ1n) is 9.93. The standard InChI is InChI=1S/C21H26N2O6S2/c1-4-30(25,26)20-8-6-5-7-19(20)22-21(24)17-9-11-18(12-10-17)31(27,28)23-13-15(2)29-16(3)14-23/h5-12,15-16H,4,13-14H2,1-3H3,(H,22,24). The fourth-order valence-electron chi connectivity index (χ4n) is 3.45. The van der Waals surface area contributed by atoms with Crippen LogP contribution in [0.3, 0.4) is 0 Å². The van der Waals surface area contributed by atoms with Gasteiger partial charge in [0.05, 0.1) is 33.4 Å². The highest BCUT2D eigenvalue weighted by Crippen LogP contribution is 2.24. The molecule has 2 atom stereocenters. The van der Waals surface area contributed by atoms with Crippen molar-refractivity contribution >= 4 is 31.5 Å². The van der Waals surface area contributed by atoms with Crippen LogP contribution in [0.15, 0.2) is 58.3 Å². The number of nitrogens with zero attached hydrogens (tertiary/aromatic N) is 1. The molecule has 1 amide bonds. The zero-order valence-electron chi connectivity index (χ0n) is 17.6. The highest BCUT2D eigenvalue weighted by Gasteiger charge is 2.32. The Balaban J connectivity index is 1.80. The van der Waals surface area contributed by atoms with Gasteiger partial charge in [-0.25, -0.2) is 16.8 Å². The number of hydrogen-bond donors (Lipinski definition) is 1. The third-order valence-corrected chi connectivity index (χ3v) is 8.62. The molecule has 0 radical (unpaired) electrons. The van der Waals surface area contributed by atoms with E-state index >= 15 is 0 Å². The molecule has 0 aliphatic carbocycles.